The lowest BCUT2D eigenvalue weighted by atomic mass is 10.2. The van der Waals surface area contributed by atoms with Crippen molar-refractivity contribution < 1.29 is 8.42 Å². The van der Waals surface area contributed by atoms with Crippen LogP contribution in [0.5, 0.6) is 0 Å². The number of aryl methyl sites for hydroxylation is 1. The highest BCUT2D eigenvalue weighted by atomic mass is 32.2. The quantitative estimate of drug-likeness (QED) is 0.633. The molecule has 23 heavy (non-hydrogen) atoms. The van der Waals surface area contributed by atoms with Gasteiger partial charge in [-0.05, 0) is 20.0 Å². The second-order valence-corrected chi connectivity index (χ2v) is 8.35. The van der Waals surface area contributed by atoms with E-state index in [-0.39, 0.29) is 11.8 Å². The topological polar surface area (TPSA) is 71.3 Å². The van der Waals surface area contributed by atoms with Gasteiger partial charge in [-0.1, -0.05) is 38.3 Å². The average molecular weight is 343 g/mol. The number of unbranched alkanes of at least 4 members (excludes halogenated alkanes) is 3. The fourth-order valence-corrected chi connectivity index (χ4v) is 4.62. The van der Waals surface area contributed by atoms with Crippen LogP contribution in [0.1, 0.15) is 45.2 Å². The predicted octanol–water partition coefficient (Wildman–Crippen LogP) is 1.32. The Morgan fingerprint density at radius 1 is 1.30 bits per heavy atom. The van der Waals surface area contributed by atoms with E-state index >= 15 is 0 Å². The number of sulfonamides is 1. The molecule has 1 fully saturated rings. The Bertz CT molecular complexity index is 586. The van der Waals surface area contributed by atoms with Crippen LogP contribution in [0.2, 0.25) is 0 Å². The van der Waals surface area contributed by atoms with Crippen molar-refractivity contribution in [1.82, 2.24) is 24.2 Å². The van der Waals surface area contributed by atoms with Crippen molar-refractivity contribution in [1.29, 1.82) is 0 Å². The molecule has 0 amide bonds. The van der Waals surface area contributed by atoms with Gasteiger partial charge in [0.15, 0.2) is 0 Å². The van der Waals surface area contributed by atoms with Crippen molar-refractivity contribution in [3.8, 4) is 0 Å². The van der Waals surface area contributed by atoms with E-state index in [4.69, 9.17) is 0 Å². The first-order valence-electron chi connectivity index (χ1n) is 8.53. The zero-order valence-corrected chi connectivity index (χ0v) is 15.3. The molecule has 0 N–H and O–H groups in total. The van der Waals surface area contributed by atoms with Gasteiger partial charge >= 0.3 is 0 Å². The fourth-order valence-electron chi connectivity index (χ4n) is 2.84. The molecule has 0 bridgehead atoms. The number of likely N-dealkylation sites (N-methyl/N-ethyl adjacent to an activating group) is 1. The molecule has 0 aliphatic carbocycles. The van der Waals surface area contributed by atoms with Gasteiger partial charge in [0, 0.05) is 25.3 Å². The van der Waals surface area contributed by atoms with Crippen molar-refractivity contribution in [3.63, 3.8) is 0 Å². The molecule has 0 radical (unpaired) electrons. The molecule has 2 rings (SSSR count). The van der Waals surface area contributed by atoms with Crippen LogP contribution in [0, 0.1) is 0 Å². The minimum atomic E-state index is -3.19. The van der Waals surface area contributed by atoms with Gasteiger partial charge in [-0.25, -0.2) is 8.42 Å². The minimum Gasteiger partial charge on any atom is -0.301 e. The average Bonchev–Trinajstić information content (AvgIpc) is 3.08. The highest BCUT2D eigenvalue weighted by molar-refractivity contribution is 7.89. The van der Waals surface area contributed by atoms with Crippen LogP contribution in [0.4, 0.5) is 0 Å². The maximum atomic E-state index is 12.3. The molecule has 0 aromatic carbocycles. The summed E-state index contributed by atoms with van der Waals surface area (Å²) in [5, 5.41) is 8.24. The molecule has 1 unspecified atom stereocenters. The summed E-state index contributed by atoms with van der Waals surface area (Å²) >= 11 is 0. The van der Waals surface area contributed by atoms with Crippen molar-refractivity contribution >= 4 is 10.0 Å². The standard InChI is InChI=1S/C15H29N5O2S/c1-4-6-7-8-9-19-10-14(16-17-19)11-20-12-15(18(3)5-2)13-23(20,21)22/h10,15H,4-9,11-13H2,1-3H3. The highest BCUT2D eigenvalue weighted by Crippen LogP contribution is 2.20. The first-order valence-corrected chi connectivity index (χ1v) is 10.1. The lowest BCUT2D eigenvalue weighted by molar-refractivity contribution is 0.251. The van der Waals surface area contributed by atoms with Gasteiger partial charge in [0.25, 0.3) is 0 Å². The van der Waals surface area contributed by atoms with Gasteiger partial charge in [0.05, 0.1) is 18.0 Å². The molecule has 7 nitrogen and oxygen atoms in total. The number of aromatic nitrogens is 3. The summed E-state index contributed by atoms with van der Waals surface area (Å²) in [4.78, 5) is 2.09. The molecule has 0 spiro atoms. The molecule has 132 valence electrons. The Labute approximate surface area is 139 Å². The SMILES string of the molecule is CCCCCCn1cc(CN2CC(N(C)CC)CS2(=O)=O)nn1. The molecular weight excluding hydrogens is 314 g/mol. The van der Waals surface area contributed by atoms with Crippen molar-refractivity contribution in [3.05, 3.63) is 11.9 Å². The van der Waals surface area contributed by atoms with Gasteiger partial charge < -0.3 is 4.90 Å². The Kier molecular flexibility index (Phi) is 6.55. The zero-order chi connectivity index (χ0) is 16.9. The van der Waals surface area contributed by atoms with Crippen LogP contribution in [0.25, 0.3) is 0 Å². The molecule has 2 heterocycles. The van der Waals surface area contributed by atoms with E-state index in [1.807, 2.05) is 24.9 Å². The van der Waals surface area contributed by atoms with Gasteiger partial charge in [-0.3, -0.25) is 4.68 Å². The molecule has 1 aromatic heterocycles. The Morgan fingerprint density at radius 3 is 2.78 bits per heavy atom. The van der Waals surface area contributed by atoms with E-state index in [2.05, 4.69) is 22.1 Å². The third-order valence-corrected chi connectivity index (χ3v) is 6.37. The van der Waals surface area contributed by atoms with E-state index < -0.39 is 10.0 Å². The number of hydrogen-bond acceptors (Lipinski definition) is 5. The molecular formula is C15H29N5O2S. The molecule has 1 aromatic rings. The van der Waals surface area contributed by atoms with Crippen molar-refractivity contribution in [2.75, 3.05) is 25.9 Å². The molecule has 1 aliphatic heterocycles. The van der Waals surface area contributed by atoms with Crippen LogP contribution < -0.4 is 0 Å². The third-order valence-electron chi connectivity index (χ3n) is 4.50. The summed E-state index contributed by atoms with van der Waals surface area (Å²) in [6.45, 7) is 6.79. The molecule has 1 atom stereocenters. The van der Waals surface area contributed by atoms with Crippen LogP contribution >= 0.6 is 0 Å². The first-order chi connectivity index (χ1) is 11.0. The van der Waals surface area contributed by atoms with E-state index in [1.165, 1.54) is 23.6 Å². The second kappa shape index (κ2) is 8.21. The van der Waals surface area contributed by atoms with Gasteiger partial charge in [-0.2, -0.15) is 4.31 Å². The smallest absolute Gasteiger partial charge is 0.216 e. The van der Waals surface area contributed by atoms with E-state index in [9.17, 15) is 8.42 Å². The lowest BCUT2D eigenvalue weighted by Crippen LogP contribution is -2.35. The monoisotopic (exact) mass is 343 g/mol. The van der Waals surface area contributed by atoms with Crippen LogP contribution in [-0.2, 0) is 23.1 Å². The Morgan fingerprint density at radius 2 is 2.09 bits per heavy atom. The second-order valence-electron chi connectivity index (χ2n) is 6.33. The van der Waals surface area contributed by atoms with E-state index in [1.54, 1.807) is 0 Å². The molecule has 1 aliphatic rings. The van der Waals surface area contributed by atoms with Crippen LogP contribution in [0.3, 0.4) is 0 Å². The lowest BCUT2D eigenvalue weighted by Gasteiger charge is -2.20. The summed E-state index contributed by atoms with van der Waals surface area (Å²) in [6.07, 6.45) is 6.60. The zero-order valence-electron chi connectivity index (χ0n) is 14.5. The first kappa shape index (κ1) is 18.4. The number of hydrogen-bond donors (Lipinski definition) is 0. The summed E-state index contributed by atoms with van der Waals surface area (Å²) in [6, 6.07) is 0.0640. The van der Waals surface area contributed by atoms with Gasteiger partial charge in [0.2, 0.25) is 10.0 Å². The number of nitrogens with zero attached hydrogens (tertiary/aromatic N) is 5. The maximum Gasteiger partial charge on any atom is 0.216 e. The van der Waals surface area contributed by atoms with Crippen molar-refractivity contribution in [2.24, 2.45) is 0 Å². The van der Waals surface area contributed by atoms with Crippen LogP contribution in [0.15, 0.2) is 6.20 Å². The van der Waals surface area contributed by atoms with Gasteiger partial charge in [-0.15, -0.1) is 5.10 Å². The summed E-state index contributed by atoms with van der Waals surface area (Å²) in [5.74, 6) is 0.197. The molecule has 0 saturated carbocycles. The molecule has 1 saturated heterocycles. The predicted molar refractivity (Wildman–Crippen MR) is 90.5 cm³/mol. The highest BCUT2D eigenvalue weighted by Gasteiger charge is 2.37. The Hall–Kier alpha value is -0.990. The van der Waals surface area contributed by atoms with E-state index in [0.29, 0.717) is 13.1 Å². The minimum absolute atomic E-state index is 0.0640. The van der Waals surface area contributed by atoms with Gasteiger partial charge in [0.1, 0.15) is 0 Å². The molecule has 8 heteroatoms. The normalized spacial score (nSPS) is 21.3. The van der Waals surface area contributed by atoms with Crippen LogP contribution in [-0.4, -0.2) is 64.5 Å². The van der Waals surface area contributed by atoms with Crippen molar-refractivity contribution in [2.45, 2.75) is 58.7 Å². The number of rotatable bonds is 9. The maximum absolute atomic E-state index is 12.3. The summed E-state index contributed by atoms with van der Waals surface area (Å²) in [5.41, 5.74) is 0.726. The Balaban J connectivity index is 1.90. The third kappa shape index (κ3) is 4.99. The largest absolute Gasteiger partial charge is 0.301 e. The summed E-state index contributed by atoms with van der Waals surface area (Å²) in [7, 11) is -1.22. The summed E-state index contributed by atoms with van der Waals surface area (Å²) < 4.78 is 27.9. The van der Waals surface area contributed by atoms with E-state index in [0.717, 1.165) is 25.2 Å². The fraction of sp³-hybridized carbons (Fsp3) is 0.867.